The predicted molar refractivity (Wildman–Crippen MR) is 120 cm³/mol. The van der Waals surface area contributed by atoms with Crippen LogP contribution in [0.15, 0.2) is 17.5 Å². The summed E-state index contributed by atoms with van der Waals surface area (Å²) in [7, 11) is 1.45. The van der Waals surface area contributed by atoms with Crippen LogP contribution in [-0.2, 0) is 14.9 Å². The maximum atomic E-state index is 13.3. The van der Waals surface area contributed by atoms with Crippen molar-refractivity contribution in [1.29, 1.82) is 0 Å². The van der Waals surface area contributed by atoms with Gasteiger partial charge in [-0.2, -0.15) is 0 Å². The number of thiazole rings is 1. The van der Waals surface area contributed by atoms with Crippen molar-refractivity contribution in [1.82, 2.24) is 4.98 Å². The Bertz CT molecular complexity index is 1020. The Balaban J connectivity index is 1.94. The van der Waals surface area contributed by atoms with Gasteiger partial charge in [0, 0.05) is 22.9 Å². The first-order chi connectivity index (χ1) is 14.1. The first-order valence-electron chi connectivity index (χ1n) is 10.8. The topological polar surface area (TPSA) is 56.3 Å². The molecule has 2 aliphatic carbocycles. The van der Waals surface area contributed by atoms with Gasteiger partial charge >= 0.3 is 5.97 Å². The van der Waals surface area contributed by atoms with Crippen molar-refractivity contribution < 1.29 is 14.3 Å². The van der Waals surface area contributed by atoms with Crippen LogP contribution in [-0.4, -0.2) is 23.8 Å². The summed E-state index contributed by atoms with van der Waals surface area (Å²) in [6.45, 7) is 10.6. The summed E-state index contributed by atoms with van der Waals surface area (Å²) in [5.74, 6) is 0.190. The Morgan fingerprint density at radius 1 is 1.23 bits per heavy atom. The number of benzene rings is 1. The second-order valence-corrected chi connectivity index (χ2v) is 10.8. The Hall–Kier alpha value is -2.01. The molecule has 1 aromatic heterocycles. The number of fused-ring (bicyclic) bond motifs is 3. The van der Waals surface area contributed by atoms with Crippen molar-refractivity contribution in [2.24, 2.45) is 11.3 Å². The second-order valence-electron chi connectivity index (χ2n) is 9.75. The lowest BCUT2D eigenvalue weighted by molar-refractivity contribution is -0.160. The number of esters is 1. The lowest BCUT2D eigenvalue weighted by Crippen LogP contribution is -2.53. The molecule has 3 atom stereocenters. The number of aryl methyl sites for hydroxylation is 1. The zero-order chi connectivity index (χ0) is 21.8. The number of nitrogens with zero attached hydrogens (tertiary/aromatic N) is 1. The van der Waals surface area contributed by atoms with E-state index in [0.717, 1.165) is 46.7 Å². The Kier molecular flexibility index (Phi) is 5.16. The maximum absolute atomic E-state index is 13.3. The molecule has 30 heavy (non-hydrogen) atoms. The smallest absolute Gasteiger partial charge is 0.311 e. The minimum atomic E-state index is -0.636. The number of Topliss-reactive ketones (excluding diaryl/α,β-unsaturated/α-hetero) is 1. The van der Waals surface area contributed by atoms with Gasteiger partial charge in [-0.25, -0.2) is 4.98 Å². The summed E-state index contributed by atoms with van der Waals surface area (Å²) in [6, 6.07) is 4.32. The molecule has 1 heterocycles. The highest BCUT2D eigenvalue weighted by Crippen LogP contribution is 2.58. The van der Waals surface area contributed by atoms with E-state index < -0.39 is 5.41 Å². The molecule has 2 aliphatic rings. The molecule has 1 fully saturated rings. The fourth-order valence-corrected chi connectivity index (χ4v) is 6.54. The van der Waals surface area contributed by atoms with E-state index in [1.165, 1.54) is 12.7 Å². The summed E-state index contributed by atoms with van der Waals surface area (Å²) < 4.78 is 5.20. The zero-order valence-electron chi connectivity index (χ0n) is 18.8. The van der Waals surface area contributed by atoms with Crippen LogP contribution in [0.25, 0.3) is 11.3 Å². The minimum absolute atomic E-state index is 0.0545. The van der Waals surface area contributed by atoms with Gasteiger partial charge in [0.2, 0.25) is 0 Å². The summed E-state index contributed by atoms with van der Waals surface area (Å²) >= 11 is 1.65. The molecule has 0 amide bonds. The molecule has 1 saturated carbocycles. The third kappa shape index (κ3) is 3.05. The van der Waals surface area contributed by atoms with Gasteiger partial charge in [0.05, 0.1) is 23.2 Å². The van der Waals surface area contributed by atoms with Crippen LogP contribution < -0.4 is 0 Å². The van der Waals surface area contributed by atoms with Gasteiger partial charge < -0.3 is 4.74 Å². The van der Waals surface area contributed by atoms with E-state index in [9.17, 15) is 9.59 Å². The highest BCUT2D eigenvalue weighted by atomic mass is 32.1. The van der Waals surface area contributed by atoms with Gasteiger partial charge in [0.15, 0.2) is 5.78 Å². The van der Waals surface area contributed by atoms with Crippen LogP contribution in [0, 0.1) is 18.3 Å². The van der Waals surface area contributed by atoms with Crippen molar-refractivity contribution in [3.8, 4) is 11.3 Å². The van der Waals surface area contributed by atoms with E-state index in [0.29, 0.717) is 6.42 Å². The molecule has 5 heteroatoms. The molecule has 4 nitrogen and oxygen atoms in total. The van der Waals surface area contributed by atoms with Crippen molar-refractivity contribution in [3.05, 3.63) is 39.2 Å². The average molecular weight is 426 g/mol. The van der Waals surface area contributed by atoms with E-state index >= 15 is 0 Å². The number of carbonyl (C=O) groups is 2. The third-order valence-electron chi connectivity index (χ3n) is 7.59. The second kappa shape index (κ2) is 7.30. The van der Waals surface area contributed by atoms with E-state index in [1.54, 1.807) is 11.3 Å². The average Bonchev–Trinajstić information content (AvgIpc) is 3.14. The van der Waals surface area contributed by atoms with E-state index in [1.807, 2.05) is 13.8 Å². The molecular formula is C25H31NO3S. The molecular weight excluding hydrogens is 394 g/mol. The maximum Gasteiger partial charge on any atom is 0.311 e. The van der Waals surface area contributed by atoms with Crippen molar-refractivity contribution in [3.63, 3.8) is 0 Å². The van der Waals surface area contributed by atoms with Gasteiger partial charge in [-0.1, -0.05) is 27.2 Å². The van der Waals surface area contributed by atoms with Crippen molar-refractivity contribution in [2.75, 3.05) is 7.11 Å². The fraction of sp³-hybridized carbons (Fsp3) is 0.560. The van der Waals surface area contributed by atoms with Crippen molar-refractivity contribution >= 4 is 23.1 Å². The summed E-state index contributed by atoms with van der Waals surface area (Å²) in [4.78, 5) is 30.9. The quantitative estimate of drug-likeness (QED) is 0.560. The lowest BCUT2D eigenvalue weighted by Gasteiger charge is -2.53. The number of carbonyl (C=O) groups excluding carboxylic acids is 2. The van der Waals surface area contributed by atoms with E-state index in [4.69, 9.17) is 9.72 Å². The number of rotatable bonds is 3. The SMILES string of the molecule is COC(=O)[C@]1(C)CCC[C@]2(C)c3cc(-c4csc(C)n4)c(C(C)C)cc3C(=O)C[C@@H]12. The third-order valence-corrected chi connectivity index (χ3v) is 8.37. The molecule has 0 radical (unpaired) electrons. The van der Waals surface area contributed by atoms with E-state index in [-0.39, 0.29) is 29.0 Å². The number of aromatic nitrogens is 1. The Labute approximate surface area is 183 Å². The number of ether oxygens (including phenoxy) is 1. The van der Waals surface area contributed by atoms with Crippen LogP contribution >= 0.6 is 11.3 Å². The molecule has 0 aliphatic heterocycles. The van der Waals surface area contributed by atoms with Crippen molar-refractivity contribution in [2.45, 2.75) is 71.6 Å². The largest absolute Gasteiger partial charge is 0.469 e. The molecule has 0 spiro atoms. The van der Waals surface area contributed by atoms with Gasteiger partial charge in [-0.3, -0.25) is 9.59 Å². The van der Waals surface area contributed by atoms with Crippen LogP contribution in [0.3, 0.4) is 0 Å². The first kappa shape index (κ1) is 21.2. The normalized spacial score (nSPS) is 28.2. The van der Waals surface area contributed by atoms with Crippen LogP contribution in [0.1, 0.15) is 85.8 Å². The number of methoxy groups -OCH3 is 1. The van der Waals surface area contributed by atoms with Gasteiger partial charge in [-0.05, 0) is 67.2 Å². The standard InChI is InChI=1S/C25H31NO3S/c1-14(2)16-10-18-19(11-17(16)20-13-30-15(3)26-20)24(4)8-7-9-25(5,23(28)29-6)22(24)12-21(18)27/h10-11,13-14,22H,7-9,12H2,1-6H3/t22-,24-,25-/m1/s1. The highest BCUT2D eigenvalue weighted by Gasteiger charge is 2.57. The molecule has 0 unspecified atom stereocenters. The highest BCUT2D eigenvalue weighted by molar-refractivity contribution is 7.09. The molecule has 2 aromatic rings. The van der Waals surface area contributed by atoms with Crippen LogP contribution in [0.2, 0.25) is 0 Å². The summed E-state index contributed by atoms with van der Waals surface area (Å²) in [6.07, 6.45) is 3.09. The van der Waals surface area contributed by atoms with E-state index in [2.05, 4.69) is 38.3 Å². The fourth-order valence-electron chi connectivity index (χ4n) is 5.93. The van der Waals surface area contributed by atoms with Gasteiger partial charge in [0.25, 0.3) is 0 Å². The molecule has 4 rings (SSSR count). The van der Waals surface area contributed by atoms with Crippen LogP contribution in [0.5, 0.6) is 0 Å². The number of hydrogen-bond donors (Lipinski definition) is 0. The summed E-state index contributed by atoms with van der Waals surface area (Å²) in [5.41, 5.74) is 4.32. The summed E-state index contributed by atoms with van der Waals surface area (Å²) in [5, 5.41) is 3.14. The molecule has 0 bridgehead atoms. The number of ketones is 1. The Morgan fingerprint density at radius 2 is 1.97 bits per heavy atom. The lowest BCUT2D eigenvalue weighted by atomic mass is 9.49. The molecule has 160 valence electrons. The minimum Gasteiger partial charge on any atom is -0.469 e. The first-order valence-corrected chi connectivity index (χ1v) is 11.7. The van der Waals surface area contributed by atoms with Crippen LogP contribution in [0.4, 0.5) is 0 Å². The Morgan fingerprint density at radius 3 is 2.57 bits per heavy atom. The number of hydrogen-bond acceptors (Lipinski definition) is 5. The molecule has 0 saturated heterocycles. The molecule has 0 N–H and O–H groups in total. The van der Waals surface area contributed by atoms with Gasteiger partial charge in [0.1, 0.15) is 0 Å². The van der Waals surface area contributed by atoms with Gasteiger partial charge in [-0.15, -0.1) is 11.3 Å². The zero-order valence-corrected chi connectivity index (χ0v) is 19.6. The monoisotopic (exact) mass is 425 g/mol. The predicted octanol–water partition coefficient (Wildman–Crippen LogP) is 6.07. The molecule has 1 aromatic carbocycles.